The second kappa shape index (κ2) is 5.46. The standard InChI is InChI=1S/C14H12ClF2N/c1-18-8-10-2-4-11(16)7-12(10)9-3-5-14(17)13(15)6-9/h2-7,18H,8H2,1H3. The number of benzene rings is 2. The highest BCUT2D eigenvalue weighted by Gasteiger charge is 2.08. The van der Waals surface area contributed by atoms with Crippen molar-refractivity contribution in [2.24, 2.45) is 0 Å². The second-order valence-electron chi connectivity index (χ2n) is 3.96. The van der Waals surface area contributed by atoms with Gasteiger partial charge in [-0.3, -0.25) is 0 Å². The van der Waals surface area contributed by atoms with Gasteiger partial charge in [0.15, 0.2) is 0 Å². The SMILES string of the molecule is CNCc1ccc(F)cc1-c1ccc(F)c(Cl)c1. The lowest BCUT2D eigenvalue weighted by Gasteiger charge is -2.10. The summed E-state index contributed by atoms with van der Waals surface area (Å²) < 4.78 is 26.4. The molecule has 0 unspecified atom stereocenters. The van der Waals surface area contributed by atoms with Crippen molar-refractivity contribution in [3.8, 4) is 11.1 Å². The molecule has 0 spiro atoms. The lowest BCUT2D eigenvalue weighted by molar-refractivity contribution is 0.626. The maximum atomic E-state index is 13.3. The Balaban J connectivity index is 2.54. The minimum Gasteiger partial charge on any atom is -0.316 e. The first-order valence-electron chi connectivity index (χ1n) is 5.50. The lowest BCUT2D eigenvalue weighted by atomic mass is 9.99. The summed E-state index contributed by atoms with van der Waals surface area (Å²) in [6.07, 6.45) is 0. The third-order valence-electron chi connectivity index (χ3n) is 2.67. The van der Waals surface area contributed by atoms with Crippen molar-refractivity contribution in [1.29, 1.82) is 0 Å². The van der Waals surface area contributed by atoms with Crippen LogP contribution in [0.2, 0.25) is 5.02 Å². The van der Waals surface area contributed by atoms with Crippen molar-refractivity contribution in [3.63, 3.8) is 0 Å². The summed E-state index contributed by atoms with van der Waals surface area (Å²) in [5, 5.41) is 3.04. The zero-order chi connectivity index (χ0) is 13.1. The highest BCUT2D eigenvalue weighted by Crippen LogP contribution is 2.28. The van der Waals surface area contributed by atoms with Gasteiger partial charge in [0.25, 0.3) is 0 Å². The fourth-order valence-electron chi connectivity index (χ4n) is 1.83. The van der Waals surface area contributed by atoms with Crippen LogP contribution in [0.25, 0.3) is 11.1 Å². The largest absolute Gasteiger partial charge is 0.316 e. The maximum Gasteiger partial charge on any atom is 0.141 e. The van der Waals surface area contributed by atoms with Crippen LogP contribution >= 0.6 is 11.6 Å². The molecule has 0 aliphatic rings. The zero-order valence-corrected chi connectivity index (χ0v) is 10.6. The summed E-state index contributed by atoms with van der Waals surface area (Å²) in [6.45, 7) is 0.602. The molecule has 1 nitrogen and oxygen atoms in total. The summed E-state index contributed by atoms with van der Waals surface area (Å²) in [5.41, 5.74) is 2.35. The van der Waals surface area contributed by atoms with Crippen LogP contribution in [0.5, 0.6) is 0 Å². The van der Waals surface area contributed by atoms with Gasteiger partial charge in [0.05, 0.1) is 5.02 Å². The number of rotatable bonds is 3. The highest BCUT2D eigenvalue weighted by atomic mass is 35.5. The molecule has 2 aromatic rings. The summed E-state index contributed by atoms with van der Waals surface area (Å²) in [6, 6.07) is 8.92. The minimum atomic E-state index is -0.480. The van der Waals surface area contributed by atoms with Crippen molar-refractivity contribution in [2.75, 3.05) is 7.05 Å². The predicted octanol–water partition coefficient (Wildman–Crippen LogP) is 4.00. The number of hydrogen-bond donors (Lipinski definition) is 1. The third kappa shape index (κ3) is 2.68. The van der Waals surface area contributed by atoms with Crippen LogP contribution in [0.1, 0.15) is 5.56 Å². The summed E-state index contributed by atoms with van der Waals surface area (Å²) in [5.74, 6) is -0.808. The van der Waals surface area contributed by atoms with Crippen molar-refractivity contribution < 1.29 is 8.78 Å². The molecule has 0 amide bonds. The second-order valence-corrected chi connectivity index (χ2v) is 4.37. The Morgan fingerprint density at radius 2 is 1.89 bits per heavy atom. The molecule has 18 heavy (non-hydrogen) atoms. The normalized spacial score (nSPS) is 10.7. The number of nitrogens with one attached hydrogen (secondary N) is 1. The average molecular weight is 268 g/mol. The molecule has 0 bridgehead atoms. The van der Waals surface area contributed by atoms with Gasteiger partial charge in [0.2, 0.25) is 0 Å². The minimum absolute atomic E-state index is 0.0344. The Kier molecular flexibility index (Phi) is 3.94. The topological polar surface area (TPSA) is 12.0 Å². The van der Waals surface area contributed by atoms with E-state index in [1.807, 2.05) is 7.05 Å². The van der Waals surface area contributed by atoms with Gasteiger partial charge < -0.3 is 5.32 Å². The monoisotopic (exact) mass is 267 g/mol. The van der Waals surface area contributed by atoms with E-state index in [4.69, 9.17) is 11.6 Å². The molecular weight excluding hydrogens is 256 g/mol. The van der Waals surface area contributed by atoms with E-state index in [2.05, 4.69) is 5.32 Å². The molecule has 0 heterocycles. The Morgan fingerprint density at radius 1 is 1.11 bits per heavy atom. The van der Waals surface area contributed by atoms with Crippen LogP contribution in [-0.4, -0.2) is 7.05 Å². The van der Waals surface area contributed by atoms with Crippen LogP contribution in [0, 0.1) is 11.6 Å². The van der Waals surface area contributed by atoms with Gasteiger partial charge in [0.1, 0.15) is 11.6 Å². The van der Waals surface area contributed by atoms with Crippen LogP contribution in [0.4, 0.5) is 8.78 Å². The van der Waals surface area contributed by atoms with Gasteiger partial charge in [-0.25, -0.2) is 8.78 Å². The molecule has 4 heteroatoms. The first-order valence-corrected chi connectivity index (χ1v) is 5.88. The van der Waals surface area contributed by atoms with Crippen LogP contribution in [0.15, 0.2) is 36.4 Å². The van der Waals surface area contributed by atoms with Crippen molar-refractivity contribution in [1.82, 2.24) is 5.32 Å². The van der Waals surface area contributed by atoms with E-state index in [0.29, 0.717) is 17.7 Å². The third-order valence-corrected chi connectivity index (χ3v) is 2.96. The molecule has 0 atom stereocenters. The van der Waals surface area contributed by atoms with E-state index in [1.165, 1.54) is 24.3 Å². The predicted molar refractivity (Wildman–Crippen MR) is 69.6 cm³/mol. The molecule has 0 aliphatic heterocycles. The fourth-order valence-corrected chi connectivity index (χ4v) is 2.01. The van der Waals surface area contributed by atoms with E-state index >= 15 is 0 Å². The summed E-state index contributed by atoms with van der Waals surface area (Å²) >= 11 is 5.75. The molecule has 0 aliphatic carbocycles. The first kappa shape index (κ1) is 13.0. The van der Waals surface area contributed by atoms with E-state index in [1.54, 1.807) is 12.1 Å². The zero-order valence-electron chi connectivity index (χ0n) is 9.81. The molecule has 2 rings (SSSR count). The van der Waals surface area contributed by atoms with Crippen LogP contribution in [-0.2, 0) is 6.54 Å². The number of hydrogen-bond acceptors (Lipinski definition) is 1. The fraction of sp³-hybridized carbons (Fsp3) is 0.143. The molecule has 2 aromatic carbocycles. The van der Waals surface area contributed by atoms with E-state index in [9.17, 15) is 8.78 Å². The molecule has 94 valence electrons. The Morgan fingerprint density at radius 3 is 2.56 bits per heavy atom. The van der Waals surface area contributed by atoms with Crippen molar-refractivity contribution >= 4 is 11.6 Å². The van der Waals surface area contributed by atoms with E-state index < -0.39 is 5.82 Å². The summed E-state index contributed by atoms with van der Waals surface area (Å²) in [7, 11) is 1.81. The Hall–Kier alpha value is -1.45. The highest BCUT2D eigenvalue weighted by molar-refractivity contribution is 6.31. The Bertz CT molecular complexity index is 570. The maximum absolute atomic E-state index is 13.3. The molecule has 0 radical (unpaired) electrons. The van der Waals surface area contributed by atoms with Gasteiger partial charge >= 0.3 is 0 Å². The molecule has 0 fully saturated rings. The quantitative estimate of drug-likeness (QED) is 0.886. The van der Waals surface area contributed by atoms with Gasteiger partial charge in [0, 0.05) is 6.54 Å². The molecular formula is C14H12ClF2N. The smallest absolute Gasteiger partial charge is 0.141 e. The Labute approximate surface area is 109 Å². The van der Waals surface area contributed by atoms with Gasteiger partial charge in [-0.15, -0.1) is 0 Å². The van der Waals surface area contributed by atoms with Crippen LogP contribution < -0.4 is 5.32 Å². The van der Waals surface area contributed by atoms with Crippen molar-refractivity contribution in [3.05, 3.63) is 58.6 Å². The lowest BCUT2D eigenvalue weighted by Crippen LogP contribution is -2.06. The average Bonchev–Trinajstić information content (AvgIpc) is 2.35. The van der Waals surface area contributed by atoms with Gasteiger partial charge in [-0.05, 0) is 48.0 Å². The van der Waals surface area contributed by atoms with Crippen LogP contribution in [0.3, 0.4) is 0 Å². The van der Waals surface area contributed by atoms with Gasteiger partial charge in [-0.2, -0.15) is 0 Å². The first-order chi connectivity index (χ1) is 8.61. The summed E-state index contributed by atoms with van der Waals surface area (Å²) in [4.78, 5) is 0. The molecule has 1 N–H and O–H groups in total. The number of halogens is 3. The van der Waals surface area contributed by atoms with Crippen molar-refractivity contribution in [2.45, 2.75) is 6.54 Å². The van der Waals surface area contributed by atoms with E-state index in [0.717, 1.165) is 5.56 Å². The molecule has 0 saturated carbocycles. The van der Waals surface area contributed by atoms with Gasteiger partial charge in [-0.1, -0.05) is 23.7 Å². The molecule has 0 aromatic heterocycles. The molecule has 0 saturated heterocycles. The van der Waals surface area contributed by atoms with E-state index in [-0.39, 0.29) is 10.8 Å².